The van der Waals surface area contributed by atoms with Crippen LogP contribution < -0.4 is 0 Å². The first-order chi connectivity index (χ1) is 13.5. The molecule has 3 aromatic carbocycles. The van der Waals surface area contributed by atoms with Crippen molar-refractivity contribution in [3.8, 4) is 11.5 Å². The van der Waals surface area contributed by atoms with Crippen molar-refractivity contribution in [2.24, 2.45) is 0 Å². The second-order valence-electron chi connectivity index (χ2n) is 6.06. The topological polar surface area (TPSA) is 94.8 Å². The standard InChI is InChI=1S/C19H12Cl4O5S/c20-11-4-1-3-10(9-11)19(29(26,27)28,13-5-2-6-14(21)18(13)25)12-7-8-15(24)17(23)16(12)22/h1-9,24-25H,(H,26,27,28). The number of halogens is 4. The summed E-state index contributed by atoms with van der Waals surface area (Å²) >= 11 is 24.4. The van der Waals surface area contributed by atoms with Crippen LogP contribution in [-0.4, -0.2) is 23.2 Å². The highest BCUT2D eigenvalue weighted by Crippen LogP contribution is 2.52. The van der Waals surface area contributed by atoms with Gasteiger partial charge < -0.3 is 10.2 Å². The number of aromatic hydroxyl groups is 2. The third kappa shape index (κ3) is 3.54. The molecule has 0 amide bonds. The minimum atomic E-state index is -5.10. The molecule has 0 aromatic heterocycles. The number of rotatable bonds is 4. The van der Waals surface area contributed by atoms with Gasteiger partial charge in [-0.25, -0.2) is 0 Å². The van der Waals surface area contributed by atoms with Crippen LogP contribution in [0.1, 0.15) is 16.7 Å². The van der Waals surface area contributed by atoms with Gasteiger partial charge in [0.05, 0.1) is 10.0 Å². The van der Waals surface area contributed by atoms with Crippen molar-refractivity contribution in [3.63, 3.8) is 0 Å². The molecule has 0 aliphatic rings. The van der Waals surface area contributed by atoms with Gasteiger partial charge in [0.25, 0.3) is 10.1 Å². The summed E-state index contributed by atoms with van der Waals surface area (Å²) in [6, 6.07) is 12.0. The van der Waals surface area contributed by atoms with Gasteiger partial charge in [-0.2, -0.15) is 8.42 Å². The molecule has 3 rings (SSSR count). The Labute approximate surface area is 186 Å². The molecule has 0 fully saturated rings. The van der Waals surface area contributed by atoms with Crippen LogP contribution >= 0.6 is 46.4 Å². The maximum Gasteiger partial charge on any atom is 0.283 e. The lowest BCUT2D eigenvalue weighted by molar-refractivity contribution is 0.440. The first-order valence-corrected chi connectivity index (χ1v) is 10.9. The number of hydrogen-bond acceptors (Lipinski definition) is 4. The molecule has 0 heterocycles. The lowest BCUT2D eigenvalue weighted by Gasteiger charge is -2.34. The van der Waals surface area contributed by atoms with Crippen LogP contribution in [0, 0.1) is 0 Å². The molecule has 29 heavy (non-hydrogen) atoms. The van der Waals surface area contributed by atoms with Crippen molar-refractivity contribution in [1.82, 2.24) is 0 Å². The van der Waals surface area contributed by atoms with Crippen LogP contribution in [0.5, 0.6) is 11.5 Å². The molecule has 0 spiro atoms. The minimum absolute atomic E-state index is 0.0336. The van der Waals surface area contributed by atoms with Crippen molar-refractivity contribution < 1.29 is 23.2 Å². The zero-order valence-electron chi connectivity index (χ0n) is 14.3. The van der Waals surface area contributed by atoms with Crippen LogP contribution in [-0.2, 0) is 14.9 Å². The zero-order valence-corrected chi connectivity index (χ0v) is 18.1. The molecule has 1 atom stereocenters. The molecule has 0 bridgehead atoms. The molecule has 3 aromatic rings. The van der Waals surface area contributed by atoms with Crippen molar-refractivity contribution >= 4 is 56.5 Å². The second-order valence-corrected chi connectivity index (χ2v) is 9.22. The van der Waals surface area contributed by atoms with Crippen LogP contribution in [0.3, 0.4) is 0 Å². The zero-order chi connectivity index (χ0) is 21.6. The van der Waals surface area contributed by atoms with Gasteiger partial charge in [0.1, 0.15) is 16.5 Å². The molecule has 0 aliphatic carbocycles. The van der Waals surface area contributed by atoms with Crippen LogP contribution in [0.4, 0.5) is 0 Å². The van der Waals surface area contributed by atoms with Gasteiger partial charge in [0.2, 0.25) is 0 Å². The third-order valence-electron chi connectivity index (χ3n) is 4.43. The van der Waals surface area contributed by atoms with E-state index in [0.29, 0.717) is 0 Å². The van der Waals surface area contributed by atoms with Gasteiger partial charge in [-0.1, -0.05) is 76.7 Å². The fourth-order valence-electron chi connectivity index (χ4n) is 3.20. The Bertz CT molecular complexity index is 1210. The summed E-state index contributed by atoms with van der Waals surface area (Å²) in [4.78, 5) is 0. The van der Waals surface area contributed by atoms with E-state index in [9.17, 15) is 23.2 Å². The Hall–Kier alpha value is -1.67. The smallest absolute Gasteiger partial charge is 0.283 e. The summed E-state index contributed by atoms with van der Waals surface area (Å²) in [6.45, 7) is 0. The molecule has 3 N–H and O–H groups in total. The van der Waals surface area contributed by atoms with Crippen molar-refractivity contribution in [1.29, 1.82) is 0 Å². The summed E-state index contributed by atoms with van der Waals surface area (Å²) in [5, 5.41) is 19.8. The quantitative estimate of drug-likeness (QED) is 0.311. The molecular weight excluding hydrogens is 482 g/mol. The Morgan fingerprint density at radius 3 is 2.07 bits per heavy atom. The predicted molar refractivity (Wildman–Crippen MR) is 114 cm³/mol. The first-order valence-electron chi connectivity index (χ1n) is 7.90. The Kier molecular flexibility index (Phi) is 5.98. The maximum absolute atomic E-state index is 13.0. The molecular formula is C19H12Cl4O5S. The fraction of sp³-hybridized carbons (Fsp3) is 0.0526. The number of benzene rings is 3. The number of para-hydroxylation sites is 1. The first kappa shape index (κ1) is 22.0. The summed E-state index contributed by atoms with van der Waals surface area (Å²) in [5.41, 5.74) is -0.531. The van der Waals surface area contributed by atoms with Crippen LogP contribution in [0.25, 0.3) is 0 Å². The lowest BCUT2D eigenvalue weighted by Crippen LogP contribution is -2.38. The van der Waals surface area contributed by atoms with E-state index in [-0.39, 0.29) is 36.8 Å². The SMILES string of the molecule is O=S(=O)(O)C(c1cccc(Cl)c1)(c1cccc(Cl)c1O)c1ccc(O)c(Cl)c1Cl. The summed E-state index contributed by atoms with van der Waals surface area (Å²) < 4.78 is 34.0. The van der Waals surface area contributed by atoms with Crippen molar-refractivity contribution in [2.75, 3.05) is 0 Å². The van der Waals surface area contributed by atoms with Gasteiger partial charge in [0, 0.05) is 16.1 Å². The summed E-state index contributed by atoms with van der Waals surface area (Å²) in [5.74, 6) is -0.988. The molecule has 1 unspecified atom stereocenters. The molecule has 5 nitrogen and oxygen atoms in total. The average molecular weight is 494 g/mol. The van der Waals surface area contributed by atoms with E-state index in [1.807, 2.05) is 0 Å². The highest BCUT2D eigenvalue weighted by Gasteiger charge is 2.52. The molecule has 0 radical (unpaired) electrons. The Morgan fingerprint density at radius 2 is 1.45 bits per heavy atom. The number of phenols is 2. The molecule has 10 heteroatoms. The van der Waals surface area contributed by atoms with Gasteiger partial charge in [-0.05, 0) is 29.8 Å². The minimum Gasteiger partial charge on any atom is -0.506 e. The molecule has 0 saturated carbocycles. The highest BCUT2D eigenvalue weighted by molar-refractivity contribution is 7.87. The van der Waals surface area contributed by atoms with E-state index in [0.717, 1.165) is 6.07 Å². The third-order valence-corrected chi connectivity index (χ3v) is 7.29. The van der Waals surface area contributed by atoms with Gasteiger partial charge in [0.15, 0.2) is 4.75 Å². The van der Waals surface area contributed by atoms with E-state index in [1.54, 1.807) is 0 Å². The van der Waals surface area contributed by atoms with Gasteiger partial charge in [-0.3, -0.25) is 4.55 Å². The highest BCUT2D eigenvalue weighted by atomic mass is 35.5. The normalized spacial score (nSPS) is 13.8. The predicted octanol–water partition coefficient (Wildman–Crippen LogP) is 5.89. The average Bonchev–Trinajstić information content (AvgIpc) is 2.64. The molecule has 0 aliphatic heterocycles. The lowest BCUT2D eigenvalue weighted by atomic mass is 9.83. The van der Waals surface area contributed by atoms with E-state index in [1.165, 1.54) is 48.5 Å². The largest absolute Gasteiger partial charge is 0.506 e. The van der Waals surface area contributed by atoms with Crippen LogP contribution in [0.15, 0.2) is 54.6 Å². The van der Waals surface area contributed by atoms with Gasteiger partial charge in [-0.15, -0.1) is 0 Å². The number of phenolic OH excluding ortho intramolecular Hbond substituents is 2. The van der Waals surface area contributed by atoms with Crippen molar-refractivity contribution in [3.05, 3.63) is 91.4 Å². The molecule has 152 valence electrons. The molecule has 0 saturated heterocycles. The van der Waals surface area contributed by atoms with E-state index in [2.05, 4.69) is 0 Å². The second kappa shape index (κ2) is 7.87. The summed E-state index contributed by atoms with van der Waals surface area (Å²) in [7, 11) is -5.10. The van der Waals surface area contributed by atoms with Gasteiger partial charge >= 0.3 is 0 Å². The Morgan fingerprint density at radius 1 is 0.793 bits per heavy atom. The summed E-state index contributed by atoms with van der Waals surface area (Å²) in [6.07, 6.45) is 0. The van der Waals surface area contributed by atoms with Crippen LogP contribution in [0.2, 0.25) is 20.1 Å². The van der Waals surface area contributed by atoms with E-state index >= 15 is 0 Å². The Balaban J connectivity index is 2.63. The van der Waals surface area contributed by atoms with Crippen molar-refractivity contribution in [2.45, 2.75) is 4.75 Å². The van der Waals surface area contributed by atoms with E-state index < -0.39 is 26.4 Å². The number of hydrogen-bond donors (Lipinski definition) is 3. The maximum atomic E-state index is 13.0. The fourth-order valence-corrected chi connectivity index (χ4v) is 5.40. The monoisotopic (exact) mass is 492 g/mol. The van der Waals surface area contributed by atoms with E-state index in [4.69, 9.17) is 46.4 Å².